The molecule has 1 aromatic rings. The van der Waals surface area contributed by atoms with Crippen LogP contribution in [0, 0.1) is 0 Å². The molecule has 0 aliphatic carbocycles. The predicted octanol–water partition coefficient (Wildman–Crippen LogP) is -0.0771. The molecule has 0 spiro atoms. The number of hydrogen-bond acceptors (Lipinski definition) is 5. The molecule has 0 atom stereocenters. The summed E-state index contributed by atoms with van der Waals surface area (Å²) in [5.74, 6) is -1.15. The molecular weight excluding hydrogens is 228 g/mol. The van der Waals surface area contributed by atoms with E-state index in [2.05, 4.69) is 10.1 Å². The first-order chi connectivity index (χ1) is 8.00. The molecule has 17 heavy (non-hydrogen) atoms. The van der Waals surface area contributed by atoms with Crippen LogP contribution in [0.3, 0.4) is 0 Å². The first-order valence-electron chi connectivity index (χ1n) is 4.73. The van der Waals surface area contributed by atoms with Crippen LogP contribution in [-0.2, 0) is 4.74 Å². The molecule has 0 saturated carbocycles. The van der Waals surface area contributed by atoms with Crippen molar-refractivity contribution >= 4 is 12.0 Å². The maximum Gasteiger partial charge on any atom is 0.404 e. The fourth-order valence-corrected chi connectivity index (χ4v) is 1.08. The average molecular weight is 240 g/mol. The van der Waals surface area contributed by atoms with Gasteiger partial charge in [0.1, 0.15) is 6.61 Å². The maximum atomic E-state index is 11.5. The van der Waals surface area contributed by atoms with E-state index in [1.807, 2.05) is 0 Å². The van der Waals surface area contributed by atoms with Gasteiger partial charge < -0.3 is 26.0 Å². The van der Waals surface area contributed by atoms with E-state index in [-0.39, 0.29) is 30.2 Å². The Hall–Kier alpha value is -2.44. The average Bonchev–Trinajstić information content (AvgIpc) is 2.27. The lowest BCUT2D eigenvalue weighted by Gasteiger charge is -2.06. The molecule has 0 radical (unpaired) electrons. The number of rotatable bonds is 4. The first kappa shape index (κ1) is 12.6. The van der Waals surface area contributed by atoms with Gasteiger partial charge in [0.15, 0.2) is 11.5 Å². The highest BCUT2D eigenvalue weighted by Crippen LogP contribution is 2.24. The third kappa shape index (κ3) is 3.90. The Morgan fingerprint density at radius 2 is 2.00 bits per heavy atom. The van der Waals surface area contributed by atoms with E-state index >= 15 is 0 Å². The van der Waals surface area contributed by atoms with E-state index in [1.54, 1.807) is 0 Å². The number of primary amides is 1. The van der Waals surface area contributed by atoms with Crippen molar-refractivity contribution < 1.29 is 24.5 Å². The van der Waals surface area contributed by atoms with Gasteiger partial charge in [0.25, 0.3) is 5.91 Å². The molecule has 0 aliphatic heterocycles. The Labute approximate surface area is 96.8 Å². The van der Waals surface area contributed by atoms with Gasteiger partial charge >= 0.3 is 6.09 Å². The van der Waals surface area contributed by atoms with E-state index in [4.69, 9.17) is 10.8 Å². The van der Waals surface area contributed by atoms with Gasteiger partial charge in [0, 0.05) is 5.56 Å². The third-order valence-corrected chi connectivity index (χ3v) is 1.87. The Balaban J connectivity index is 2.47. The van der Waals surface area contributed by atoms with Crippen LogP contribution in [0.4, 0.5) is 4.79 Å². The lowest BCUT2D eigenvalue weighted by atomic mass is 10.2. The van der Waals surface area contributed by atoms with Gasteiger partial charge in [-0.1, -0.05) is 0 Å². The van der Waals surface area contributed by atoms with Gasteiger partial charge in [-0.3, -0.25) is 4.79 Å². The van der Waals surface area contributed by atoms with Crippen molar-refractivity contribution in [2.75, 3.05) is 13.2 Å². The molecular formula is C10H12N2O5. The molecule has 1 aromatic carbocycles. The summed E-state index contributed by atoms with van der Waals surface area (Å²) in [5, 5.41) is 20.7. The van der Waals surface area contributed by atoms with Crippen molar-refractivity contribution in [3.63, 3.8) is 0 Å². The lowest BCUT2D eigenvalue weighted by molar-refractivity contribution is 0.0936. The van der Waals surface area contributed by atoms with Crippen LogP contribution in [-0.4, -0.2) is 35.4 Å². The fraction of sp³-hybridized carbons (Fsp3) is 0.200. The molecule has 0 fully saturated rings. The number of aromatic hydroxyl groups is 2. The van der Waals surface area contributed by atoms with E-state index in [1.165, 1.54) is 12.1 Å². The molecule has 0 bridgehead atoms. The monoisotopic (exact) mass is 240 g/mol. The van der Waals surface area contributed by atoms with Crippen LogP contribution in [0.15, 0.2) is 18.2 Å². The number of phenolic OH excluding ortho intramolecular Hbond substituents is 2. The van der Waals surface area contributed by atoms with E-state index in [9.17, 15) is 14.7 Å². The van der Waals surface area contributed by atoms with Crippen molar-refractivity contribution in [2.45, 2.75) is 0 Å². The third-order valence-electron chi connectivity index (χ3n) is 1.87. The zero-order valence-corrected chi connectivity index (χ0v) is 8.84. The standard InChI is InChI=1S/C10H12N2O5/c11-10(16)17-4-3-12-9(15)6-1-2-7(13)8(14)5-6/h1-2,5,13-14H,3-4H2,(H2,11,16)(H,12,15). The van der Waals surface area contributed by atoms with Gasteiger partial charge in [-0.2, -0.15) is 0 Å². The number of benzene rings is 1. The molecule has 0 aromatic heterocycles. The number of carbonyl (C=O) groups is 2. The van der Waals surface area contributed by atoms with Crippen LogP contribution in [0.25, 0.3) is 0 Å². The minimum Gasteiger partial charge on any atom is -0.504 e. The molecule has 92 valence electrons. The van der Waals surface area contributed by atoms with Gasteiger partial charge in [-0.05, 0) is 18.2 Å². The van der Waals surface area contributed by atoms with Gasteiger partial charge in [-0.15, -0.1) is 0 Å². The topological polar surface area (TPSA) is 122 Å². The second-order valence-corrected chi connectivity index (χ2v) is 3.13. The zero-order chi connectivity index (χ0) is 12.8. The Morgan fingerprint density at radius 1 is 1.29 bits per heavy atom. The van der Waals surface area contributed by atoms with Crippen molar-refractivity contribution in [1.29, 1.82) is 0 Å². The second kappa shape index (κ2) is 5.59. The zero-order valence-electron chi connectivity index (χ0n) is 8.84. The summed E-state index contributed by atoms with van der Waals surface area (Å²) < 4.78 is 4.41. The summed E-state index contributed by atoms with van der Waals surface area (Å²) >= 11 is 0. The Morgan fingerprint density at radius 3 is 2.59 bits per heavy atom. The van der Waals surface area contributed by atoms with Crippen molar-refractivity contribution in [3.8, 4) is 11.5 Å². The quantitative estimate of drug-likeness (QED) is 0.433. The minimum absolute atomic E-state index is 0.0366. The van der Waals surface area contributed by atoms with Gasteiger partial charge in [0.2, 0.25) is 0 Å². The summed E-state index contributed by atoms with van der Waals surface area (Å²) in [5.41, 5.74) is 4.90. The largest absolute Gasteiger partial charge is 0.504 e. The van der Waals surface area contributed by atoms with Crippen LogP contribution in [0.2, 0.25) is 0 Å². The molecule has 0 unspecified atom stereocenters. The molecule has 1 rings (SSSR count). The number of carbonyl (C=O) groups excluding carboxylic acids is 2. The van der Waals surface area contributed by atoms with E-state index < -0.39 is 12.0 Å². The smallest absolute Gasteiger partial charge is 0.404 e. The van der Waals surface area contributed by atoms with Crippen molar-refractivity contribution in [3.05, 3.63) is 23.8 Å². The van der Waals surface area contributed by atoms with Crippen molar-refractivity contribution in [1.82, 2.24) is 5.32 Å². The molecule has 7 nitrogen and oxygen atoms in total. The maximum absolute atomic E-state index is 11.5. The highest BCUT2D eigenvalue weighted by atomic mass is 16.5. The molecule has 5 N–H and O–H groups in total. The van der Waals surface area contributed by atoms with Crippen LogP contribution in [0.5, 0.6) is 11.5 Å². The van der Waals surface area contributed by atoms with Crippen LogP contribution in [0.1, 0.15) is 10.4 Å². The first-order valence-corrected chi connectivity index (χ1v) is 4.73. The minimum atomic E-state index is -0.915. The summed E-state index contributed by atoms with van der Waals surface area (Å²) in [4.78, 5) is 21.7. The Kier molecular flexibility index (Phi) is 4.15. The summed E-state index contributed by atoms with van der Waals surface area (Å²) in [6.45, 7) is 0.0640. The number of hydrogen-bond donors (Lipinski definition) is 4. The Bertz CT molecular complexity index is 433. The SMILES string of the molecule is NC(=O)OCCNC(=O)c1ccc(O)c(O)c1. The number of nitrogens with two attached hydrogens (primary N) is 1. The lowest BCUT2D eigenvalue weighted by Crippen LogP contribution is -2.28. The van der Waals surface area contributed by atoms with Crippen LogP contribution >= 0.6 is 0 Å². The summed E-state index contributed by atoms with van der Waals surface area (Å²) in [6, 6.07) is 3.67. The van der Waals surface area contributed by atoms with E-state index in [0.29, 0.717) is 0 Å². The molecule has 2 amide bonds. The van der Waals surface area contributed by atoms with Gasteiger partial charge in [0.05, 0.1) is 6.54 Å². The highest BCUT2D eigenvalue weighted by molar-refractivity contribution is 5.94. The number of amides is 2. The number of nitrogens with one attached hydrogen (secondary N) is 1. The highest BCUT2D eigenvalue weighted by Gasteiger charge is 2.08. The fourth-order valence-electron chi connectivity index (χ4n) is 1.08. The molecule has 0 saturated heterocycles. The summed E-state index contributed by atoms with van der Waals surface area (Å²) in [7, 11) is 0. The normalized spacial score (nSPS) is 9.65. The second-order valence-electron chi connectivity index (χ2n) is 3.13. The van der Waals surface area contributed by atoms with Crippen molar-refractivity contribution in [2.24, 2.45) is 5.73 Å². The summed E-state index contributed by atoms with van der Waals surface area (Å²) in [6.07, 6.45) is -0.915. The predicted molar refractivity (Wildman–Crippen MR) is 57.6 cm³/mol. The van der Waals surface area contributed by atoms with Crippen LogP contribution < -0.4 is 11.1 Å². The van der Waals surface area contributed by atoms with E-state index in [0.717, 1.165) is 6.07 Å². The molecule has 0 aliphatic rings. The number of ether oxygens (including phenoxy) is 1. The number of phenols is 2. The van der Waals surface area contributed by atoms with Gasteiger partial charge in [-0.25, -0.2) is 4.79 Å². The molecule has 0 heterocycles. The molecule has 7 heteroatoms.